The average molecular weight is 536 g/mol. The van der Waals surface area contributed by atoms with Crippen molar-refractivity contribution in [2.75, 3.05) is 11.6 Å². The Labute approximate surface area is 196 Å². The Morgan fingerprint density at radius 2 is 1.72 bits per heavy atom. The quantitative estimate of drug-likeness (QED) is 0.398. The van der Waals surface area contributed by atoms with Crippen LogP contribution < -0.4 is 5.32 Å². The zero-order chi connectivity index (χ0) is 26.6. The van der Waals surface area contributed by atoms with Gasteiger partial charge in [-0.1, -0.05) is 0 Å². The zero-order valence-corrected chi connectivity index (χ0v) is 18.4. The first-order valence-corrected chi connectivity index (χ1v) is 11.3. The number of carbonyl (C=O) groups is 1. The van der Waals surface area contributed by atoms with Crippen LogP contribution in [0.15, 0.2) is 48.0 Å². The Kier molecular flexibility index (Phi) is 5.77. The minimum Gasteiger partial charge on any atom is -0.320 e. The molecule has 1 N–H and O–H groups in total. The van der Waals surface area contributed by atoms with Gasteiger partial charge < -0.3 is 5.32 Å². The molecule has 4 rings (SSSR count). The Hall–Kier alpha value is -4.02. The van der Waals surface area contributed by atoms with E-state index in [0.29, 0.717) is 23.3 Å². The molecule has 0 saturated carbocycles. The molecule has 0 spiro atoms. The zero-order valence-electron chi connectivity index (χ0n) is 17.6. The average Bonchev–Trinajstić information content (AvgIpc) is 3.40. The highest BCUT2D eigenvalue weighted by Gasteiger charge is 2.42. The predicted molar refractivity (Wildman–Crippen MR) is 108 cm³/mol. The summed E-state index contributed by atoms with van der Waals surface area (Å²) in [5.74, 6) is -2.69. The normalized spacial score (nSPS) is 12.8. The number of halogens is 7. The minimum absolute atomic E-state index is 0.230. The molecule has 4 heterocycles. The number of alkyl halides is 6. The van der Waals surface area contributed by atoms with E-state index in [-0.39, 0.29) is 17.5 Å². The molecule has 0 radical (unpaired) electrons. The Bertz CT molecular complexity index is 1610. The van der Waals surface area contributed by atoms with Crippen LogP contribution in [0.4, 0.5) is 36.4 Å². The van der Waals surface area contributed by atoms with Crippen LogP contribution in [0.5, 0.6) is 0 Å². The molecule has 4 aromatic rings. The molecule has 0 aromatic carbocycles. The maximum Gasteiger partial charge on any atom is 0.434 e. The minimum atomic E-state index is -5.20. The number of amides is 1. The van der Waals surface area contributed by atoms with Gasteiger partial charge in [-0.05, 0) is 18.2 Å². The molecule has 0 saturated heterocycles. The van der Waals surface area contributed by atoms with Crippen molar-refractivity contribution in [1.29, 1.82) is 0 Å². The number of imidazole rings is 1. The van der Waals surface area contributed by atoms with E-state index >= 15 is 0 Å². The molecule has 0 aliphatic carbocycles. The number of nitrogens with zero attached hydrogens (tertiary/aromatic N) is 5. The highest BCUT2D eigenvalue weighted by molar-refractivity contribution is 7.90. The second-order valence-corrected chi connectivity index (χ2v) is 9.21. The SMILES string of the molecule is CS(=O)(=O)c1ncc(NC(=O)c2cnn(-c3ccc(F)c4nccn34)c2C(F)(F)F)cc1C(F)(F)F. The Morgan fingerprint density at radius 1 is 1.03 bits per heavy atom. The number of pyridine rings is 2. The van der Waals surface area contributed by atoms with Crippen LogP contribution in [-0.2, 0) is 22.2 Å². The Morgan fingerprint density at radius 3 is 2.33 bits per heavy atom. The molecule has 0 bridgehead atoms. The lowest BCUT2D eigenvalue weighted by Gasteiger charge is -2.15. The standard InChI is InChI=1S/C19H11F7N6O3S/c1-36(34,35)17-11(18(21,22)23)6-9(7-28-17)30-16(33)10-8-29-32(14(10)19(24,25)26)13-3-2-12(20)15-27-4-5-31(13)15/h2-8H,1H3,(H,30,33). The van der Waals surface area contributed by atoms with Crippen molar-refractivity contribution in [2.24, 2.45) is 0 Å². The molecule has 9 nitrogen and oxygen atoms in total. The third-order valence-electron chi connectivity index (χ3n) is 4.74. The maximum absolute atomic E-state index is 14.0. The molecular weight excluding hydrogens is 525 g/mol. The summed E-state index contributed by atoms with van der Waals surface area (Å²) in [6.07, 6.45) is -6.56. The monoisotopic (exact) mass is 536 g/mol. The number of hydrogen-bond donors (Lipinski definition) is 1. The smallest absolute Gasteiger partial charge is 0.320 e. The van der Waals surface area contributed by atoms with Gasteiger partial charge in [0.2, 0.25) is 0 Å². The molecule has 0 atom stereocenters. The topological polar surface area (TPSA) is 111 Å². The van der Waals surface area contributed by atoms with Gasteiger partial charge in [0, 0.05) is 18.6 Å². The van der Waals surface area contributed by atoms with Gasteiger partial charge in [-0.2, -0.15) is 31.4 Å². The first-order valence-electron chi connectivity index (χ1n) is 9.45. The summed E-state index contributed by atoms with van der Waals surface area (Å²) in [7, 11) is -4.42. The van der Waals surface area contributed by atoms with Crippen LogP contribution >= 0.6 is 0 Å². The van der Waals surface area contributed by atoms with Gasteiger partial charge in [-0.3, -0.25) is 9.20 Å². The highest BCUT2D eigenvalue weighted by Crippen LogP contribution is 2.36. The van der Waals surface area contributed by atoms with Crippen molar-refractivity contribution >= 4 is 27.1 Å². The summed E-state index contributed by atoms with van der Waals surface area (Å²) < 4.78 is 120. The molecule has 0 aliphatic heterocycles. The van der Waals surface area contributed by atoms with E-state index in [9.17, 15) is 43.9 Å². The summed E-state index contributed by atoms with van der Waals surface area (Å²) in [6.45, 7) is 0. The molecule has 4 aromatic heterocycles. The van der Waals surface area contributed by atoms with Gasteiger partial charge in [-0.25, -0.2) is 27.5 Å². The lowest BCUT2D eigenvalue weighted by atomic mass is 10.2. The fourth-order valence-corrected chi connectivity index (χ4v) is 4.14. The van der Waals surface area contributed by atoms with Gasteiger partial charge in [0.25, 0.3) is 5.91 Å². The first kappa shape index (κ1) is 25.1. The second-order valence-electron chi connectivity index (χ2n) is 7.28. The predicted octanol–water partition coefficient (Wildman–Crippen LogP) is 3.75. The van der Waals surface area contributed by atoms with Gasteiger partial charge in [-0.15, -0.1) is 0 Å². The van der Waals surface area contributed by atoms with Gasteiger partial charge >= 0.3 is 12.4 Å². The van der Waals surface area contributed by atoms with Crippen LogP contribution in [-0.4, -0.2) is 44.7 Å². The molecule has 1 amide bonds. The van der Waals surface area contributed by atoms with Gasteiger partial charge in [0.1, 0.15) is 5.82 Å². The number of fused-ring (bicyclic) bond motifs is 1. The van der Waals surface area contributed by atoms with E-state index in [1.54, 1.807) is 0 Å². The molecule has 0 fully saturated rings. The number of hydrogen-bond acceptors (Lipinski definition) is 6. The van der Waals surface area contributed by atoms with Crippen LogP contribution in [0.25, 0.3) is 11.5 Å². The third-order valence-corrected chi connectivity index (χ3v) is 5.77. The number of carbonyl (C=O) groups excluding carboxylic acids is 1. The molecule has 36 heavy (non-hydrogen) atoms. The van der Waals surface area contributed by atoms with Crippen molar-refractivity contribution in [3.05, 3.63) is 65.6 Å². The van der Waals surface area contributed by atoms with E-state index in [1.165, 1.54) is 0 Å². The first-order chi connectivity index (χ1) is 16.6. The largest absolute Gasteiger partial charge is 0.434 e. The van der Waals surface area contributed by atoms with E-state index in [2.05, 4.69) is 15.1 Å². The van der Waals surface area contributed by atoms with Crippen molar-refractivity contribution in [3.63, 3.8) is 0 Å². The lowest BCUT2D eigenvalue weighted by molar-refractivity contribution is -0.143. The number of rotatable bonds is 4. The third kappa shape index (κ3) is 4.48. The molecular formula is C19H11F7N6O3S. The lowest BCUT2D eigenvalue weighted by Crippen LogP contribution is -2.22. The van der Waals surface area contributed by atoms with Crippen molar-refractivity contribution < 1.29 is 43.9 Å². The number of sulfone groups is 1. The van der Waals surface area contributed by atoms with Crippen molar-refractivity contribution in [2.45, 2.75) is 17.4 Å². The van der Waals surface area contributed by atoms with Crippen LogP contribution in [0.1, 0.15) is 21.6 Å². The number of nitrogens with one attached hydrogen (secondary N) is 1. The summed E-state index contributed by atoms with van der Waals surface area (Å²) in [5.41, 5.74) is -5.46. The summed E-state index contributed by atoms with van der Waals surface area (Å²) in [5, 5.41) is 4.09. The van der Waals surface area contributed by atoms with Gasteiger partial charge in [0.15, 0.2) is 32.0 Å². The highest BCUT2D eigenvalue weighted by atomic mass is 32.2. The van der Waals surface area contributed by atoms with E-state index in [0.717, 1.165) is 28.9 Å². The van der Waals surface area contributed by atoms with Crippen molar-refractivity contribution in [3.8, 4) is 5.82 Å². The number of aromatic nitrogens is 5. The molecule has 0 unspecified atom stereocenters. The van der Waals surface area contributed by atoms with Crippen LogP contribution in [0.3, 0.4) is 0 Å². The van der Waals surface area contributed by atoms with Crippen LogP contribution in [0, 0.1) is 5.82 Å². The fraction of sp³-hybridized carbons (Fsp3) is 0.158. The van der Waals surface area contributed by atoms with Gasteiger partial charge in [0.05, 0.1) is 29.2 Å². The van der Waals surface area contributed by atoms with Crippen LogP contribution in [0.2, 0.25) is 0 Å². The molecule has 0 aliphatic rings. The maximum atomic E-state index is 14.0. The second kappa shape index (κ2) is 8.28. The van der Waals surface area contributed by atoms with E-state index in [1.807, 2.05) is 5.32 Å². The number of anilines is 1. The van der Waals surface area contributed by atoms with E-state index < -0.39 is 61.4 Å². The fourth-order valence-electron chi connectivity index (χ4n) is 3.32. The molecule has 17 heteroatoms. The summed E-state index contributed by atoms with van der Waals surface area (Å²) in [6, 6.07) is 2.03. The molecule has 190 valence electrons. The summed E-state index contributed by atoms with van der Waals surface area (Å²) >= 11 is 0. The summed E-state index contributed by atoms with van der Waals surface area (Å²) in [4.78, 5) is 19.6. The Balaban J connectivity index is 1.80. The van der Waals surface area contributed by atoms with E-state index in [4.69, 9.17) is 0 Å². The van der Waals surface area contributed by atoms with Crippen molar-refractivity contribution in [1.82, 2.24) is 24.1 Å².